The maximum atomic E-state index is 12.5. The Balaban J connectivity index is 1.28. The molecule has 1 heterocycles. The second kappa shape index (κ2) is 9.21. The summed E-state index contributed by atoms with van der Waals surface area (Å²) < 4.78 is 0. The van der Waals surface area contributed by atoms with Crippen LogP contribution in [-0.4, -0.2) is 30.1 Å². The maximum absolute atomic E-state index is 12.5. The molecule has 148 valence electrons. The van der Waals surface area contributed by atoms with E-state index in [0.29, 0.717) is 0 Å². The lowest BCUT2D eigenvalue weighted by Crippen LogP contribution is -2.39. The number of likely N-dealkylation sites (tertiary alicyclic amines) is 1. The number of nitrogens with one attached hydrogen (secondary N) is 1. The molecule has 1 aliphatic heterocycles. The van der Waals surface area contributed by atoms with Crippen molar-refractivity contribution in [3.63, 3.8) is 0 Å². The fourth-order valence-corrected chi connectivity index (χ4v) is 3.95. The molecule has 0 unspecified atom stereocenters. The number of carbonyl (C=O) groups excluding carboxylic acids is 1. The van der Waals surface area contributed by atoms with Crippen molar-refractivity contribution in [1.82, 2.24) is 10.3 Å². The molecule has 0 aromatic heterocycles. The molecule has 4 rings (SSSR count). The summed E-state index contributed by atoms with van der Waals surface area (Å²) >= 11 is 5.95. The van der Waals surface area contributed by atoms with Gasteiger partial charge in [-0.15, -0.1) is 0 Å². The van der Waals surface area contributed by atoms with E-state index < -0.39 is 0 Å². The van der Waals surface area contributed by atoms with Gasteiger partial charge < -0.3 is 0 Å². The standard InChI is InChI=1S/C24H24ClN3O/c25-22-10-8-18(9-11-22)17-28-14-12-20(13-15-28)24(29)27-26-16-21-6-3-5-19-4-1-2-7-23(19)21/h1-11,16,20H,12-15,17H2,(H,27,29)/b26-16+. The number of piperidine rings is 1. The summed E-state index contributed by atoms with van der Waals surface area (Å²) in [6, 6.07) is 22.2. The number of halogens is 1. The van der Waals surface area contributed by atoms with E-state index in [0.717, 1.165) is 53.8 Å². The Morgan fingerprint density at radius 2 is 1.76 bits per heavy atom. The average Bonchev–Trinajstić information content (AvgIpc) is 2.76. The molecule has 0 bridgehead atoms. The van der Waals surface area contributed by atoms with Gasteiger partial charge in [-0.25, -0.2) is 5.43 Å². The van der Waals surface area contributed by atoms with Crippen molar-refractivity contribution in [2.24, 2.45) is 11.0 Å². The Bertz CT molecular complexity index is 1000. The van der Waals surface area contributed by atoms with E-state index in [9.17, 15) is 4.79 Å². The van der Waals surface area contributed by atoms with E-state index >= 15 is 0 Å². The van der Waals surface area contributed by atoms with Crippen LogP contribution in [0.2, 0.25) is 5.02 Å². The molecule has 29 heavy (non-hydrogen) atoms. The smallest absolute Gasteiger partial charge is 0.243 e. The van der Waals surface area contributed by atoms with Gasteiger partial charge in [-0.2, -0.15) is 5.10 Å². The second-order valence-electron chi connectivity index (χ2n) is 7.48. The minimum Gasteiger partial charge on any atom is -0.299 e. The van der Waals surface area contributed by atoms with E-state index in [4.69, 9.17) is 11.6 Å². The monoisotopic (exact) mass is 405 g/mol. The number of amides is 1. The minimum atomic E-state index is 0.00706. The van der Waals surface area contributed by atoms with Gasteiger partial charge in [0.05, 0.1) is 6.21 Å². The zero-order valence-corrected chi connectivity index (χ0v) is 17.0. The fraction of sp³-hybridized carbons (Fsp3) is 0.250. The van der Waals surface area contributed by atoms with Crippen LogP contribution in [0, 0.1) is 5.92 Å². The predicted molar refractivity (Wildman–Crippen MR) is 119 cm³/mol. The van der Waals surface area contributed by atoms with Crippen molar-refractivity contribution in [3.8, 4) is 0 Å². The van der Waals surface area contributed by atoms with Crippen molar-refractivity contribution in [2.75, 3.05) is 13.1 Å². The van der Waals surface area contributed by atoms with Crippen molar-refractivity contribution < 1.29 is 4.79 Å². The number of hydrogen-bond donors (Lipinski definition) is 1. The van der Waals surface area contributed by atoms with Crippen LogP contribution in [0.1, 0.15) is 24.0 Å². The van der Waals surface area contributed by atoms with Crippen molar-refractivity contribution in [3.05, 3.63) is 82.9 Å². The van der Waals surface area contributed by atoms with Crippen LogP contribution in [0.3, 0.4) is 0 Å². The van der Waals surface area contributed by atoms with Gasteiger partial charge in [-0.05, 0) is 54.4 Å². The average molecular weight is 406 g/mol. The first-order valence-corrected chi connectivity index (χ1v) is 10.3. The van der Waals surface area contributed by atoms with Gasteiger partial charge in [-0.3, -0.25) is 9.69 Å². The minimum absolute atomic E-state index is 0.00706. The molecule has 0 atom stereocenters. The van der Waals surface area contributed by atoms with Crippen LogP contribution >= 0.6 is 11.6 Å². The summed E-state index contributed by atoms with van der Waals surface area (Å²) in [5.41, 5.74) is 4.98. The SMILES string of the molecule is O=C(N/N=C/c1cccc2ccccc12)C1CCN(Cc2ccc(Cl)cc2)CC1. The summed E-state index contributed by atoms with van der Waals surface area (Å²) in [6.45, 7) is 2.71. The Morgan fingerprint density at radius 3 is 2.55 bits per heavy atom. The second-order valence-corrected chi connectivity index (χ2v) is 7.92. The van der Waals surface area contributed by atoms with Crippen molar-refractivity contribution in [2.45, 2.75) is 19.4 Å². The first-order valence-electron chi connectivity index (χ1n) is 9.96. The third-order valence-corrected chi connectivity index (χ3v) is 5.73. The quantitative estimate of drug-likeness (QED) is 0.487. The number of benzene rings is 3. The highest BCUT2D eigenvalue weighted by Crippen LogP contribution is 2.20. The molecular weight excluding hydrogens is 382 g/mol. The zero-order valence-electron chi connectivity index (χ0n) is 16.2. The molecule has 1 fully saturated rings. The number of carbonyl (C=O) groups is 1. The van der Waals surface area contributed by atoms with E-state index in [2.05, 4.69) is 45.8 Å². The lowest BCUT2D eigenvalue weighted by molar-refractivity contribution is -0.126. The number of hydrogen-bond acceptors (Lipinski definition) is 3. The van der Waals surface area contributed by atoms with Crippen LogP contribution in [-0.2, 0) is 11.3 Å². The lowest BCUT2D eigenvalue weighted by atomic mass is 9.96. The van der Waals surface area contributed by atoms with Gasteiger partial charge in [-0.1, -0.05) is 66.2 Å². The molecule has 3 aromatic rings. The molecule has 1 aliphatic rings. The third-order valence-electron chi connectivity index (χ3n) is 5.48. The third kappa shape index (κ3) is 5.03. The highest BCUT2D eigenvalue weighted by atomic mass is 35.5. The zero-order chi connectivity index (χ0) is 20.1. The van der Waals surface area contributed by atoms with E-state index in [1.165, 1.54) is 5.56 Å². The summed E-state index contributed by atoms with van der Waals surface area (Å²) in [5.74, 6) is 0.0220. The van der Waals surface area contributed by atoms with Gasteiger partial charge in [0.15, 0.2) is 0 Å². The Labute approximate surface area is 176 Å². The highest BCUT2D eigenvalue weighted by molar-refractivity contribution is 6.30. The maximum Gasteiger partial charge on any atom is 0.243 e. The van der Waals surface area contributed by atoms with Crippen LogP contribution in [0.15, 0.2) is 71.8 Å². The molecule has 0 radical (unpaired) electrons. The van der Waals surface area contributed by atoms with Crippen LogP contribution in [0.25, 0.3) is 10.8 Å². The number of fused-ring (bicyclic) bond motifs is 1. The first-order chi connectivity index (χ1) is 14.2. The van der Waals surface area contributed by atoms with Gasteiger partial charge in [0.1, 0.15) is 0 Å². The summed E-state index contributed by atoms with van der Waals surface area (Å²) in [5, 5.41) is 7.26. The molecule has 5 heteroatoms. The van der Waals surface area contributed by atoms with E-state index in [-0.39, 0.29) is 11.8 Å². The Morgan fingerprint density at radius 1 is 1.03 bits per heavy atom. The first kappa shape index (κ1) is 19.6. The molecule has 1 N–H and O–H groups in total. The molecule has 4 nitrogen and oxygen atoms in total. The Kier molecular flexibility index (Phi) is 6.23. The highest BCUT2D eigenvalue weighted by Gasteiger charge is 2.24. The van der Waals surface area contributed by atoms with Gasteiger partial charge >= 0.3 is 0 Å². The van der Waals surface area contributed by atoms with Gasteiger partial charge in [0.2, 0.25) is 5.91 Å². The van der Waals surface area contributed by atoms with E-state index in [1.54, 1.807) is 6.21 Å². The van der Waals surface area contributed by atoms with Crippen molar-refractivity contribution >= 4 is 34.5 Å². The van der Waals surface area contributed by atoms with Crippen LogP contribution in [0.4, 0.5) is 0 Å². The number of hydrazone groups is 1. The number of rotatable bonds is 5. The molecule has 1 amide bonds. The van der Waals surface area contributed by atoms with E-state index in [1.807, 2.05) is 36.4 Å². The lowest BCUT2D eigenvalue weighted by Gasteiger charge is -2.30. The van der Waals surface area contributed by atoms with Crippen molar-refractivity contribution in [1.29, 1.82) is 0 Å². The molecular formula is C24H24ClN3O. The fourth-order valence-electron chi connectivity index (χ4n) is 3.82. The molecule has 3 aromatic carbocycles. The normalized spacial score (nSPS) is 15.8. The molecule has 0 aliphatic carbocycles. The van der Waals surface area contributed by atoms with Crippen LogP contribution in [0.5, 0.6) is 0 Å². The Hall–Kier alpha value is -2.69. The van der Waals surface area contributed by atoms with Crippen LogP contribution < -0.4 is 5.43 Å². The molecule has 0 saturated carbocycles. The largest absolute Gasteiger partial charge is 0.299 e. The predicted octanol–water partition coefficient (Wildman–Crippen LogP) is 4.86. The summed E-state index contributed by atoms with van der Waals surface area (Å²) in [4.78, 5) is 14.9. The topological polar surface area (TPSA) is 44.7 Å². The summed E-state index contributed by atoms with van der Waals surface area (Å²) in [7, 11) is 0. The van der Waals surface area contributed by atoms with Gasteiger partial charge in [0, 0.05) is 23.0 Å². The summed E-state index contributed by atoms with van der Waals surface area (Å²) in [6.07, 6.45) is 3.43. The number of nitrogens with zero attached hydrogens (tertiary/aromatic N) is 2. The molecule has 1 saturated heterocycles. The van der Waals surface area contributed by atoms with Gasteiger partial charge in [0.25, 0.3) is 0 Å². The molecule has 0 spiro atoms.